The van der Waals surface area contributed by atoms with Gasteiger partial charge in [-0.1, -0.05) is 30.3 Å². The van der Waals surface area contributed by atoms with Crippen LogP contribution in [0.3, 0.4) is 0 Å². The Morgan fingerprint density at radius 1 is 1.20 bits per heavy atom. The van der Waals surface area contributed by atoms with Gasteiger partial charge in [0.1, 0.15) is 0 Å². The minimum Gasteiger partial charge on any atom is -0.395 e. The Labute approximate surface area is 145 Å². The summed E-state index contributed by atoms with van der Waals surface area (Å²) in [6.45, 7) is -0.0977. The first-order valence-corrected chi connectivity index (χ1v) is 8.32. The van der Waals surface area contributed by atoms with Gasteiger partial charge in [0.05, 0.1) is 18.3 Å². The number of aliphatic hydroxyl groups excluding tert-OH is 1. The second kappa shape index (κ2) is 7.61. The number of benzene rings is 2. The van der Waals surface area contributed by atoms with Gasteiger partial charge in [0.2, 0.25) is 0 Å². The zero-order valence-electron chi connectivity index (χ0n) is 13.7. The lowest BCUT2D eigenvalue weighted by Crippen LogP contribution is -2.41. The third-order valence-electron chi connectivity index (χ3n) is 4.51. The van der Waals surface area contributed by atoms with Crippen molar-refractivity contribution in [1.82, 2.24) is 4.90 Å². The summed E-state index contributed by atoms with van der Waals surface area (Å²) in [5.74, 6) is -2.11. The van der Waals surface area contributed by atoms with Gasteiger partial charge in [0.25, 0.3) is 0 Å². The van der Waals surface area contributed by atoms with E-state index in [2.05, 4.69) is 5.32 Å². The number of carbonyl (C=O) groups is 1. The predicted molar refractivity (Wildman–Crippen MR) is 91.3 cm³/mol. The molecule has 2 aromatic rings. The number of nitrogens with one attached hydrogen (secondary N) is 1. The summed E-state index contributed by atoms with van der Waals surface area (Å²) in [5, 5.41) is 11.8. The summed E-state index contributed by atoms with van der Waals surface area (Å²) < 4.78 is 27.2. The molecule has 0 fully saturated rings. The van der Waals surface area contributed by atoms with Crippen molar-refractivity contribution < 1.29 is 18.7 Å². The number of carbonyl (C=O) groups excluding carboxylic acids is 1. The summed E-state index contributed by atoms with van der Waals surface area (Å²) in [5.41, 5.74) is 2.00. The molecule has 1 aliphatic rings. The standard InChI is InChI=1S/C19H20F2N2O2/c20-15-8-4-9-16(18(15)21)22-19(25)23(11-12-24)17-10-3-6-13-5-1-2-7-14(13)17/h1-2,4-5,7-9,17,24H,3,6,10-12H2,(H,22,25). The van der Waals surface area contributed by atoms with Crippen molar-refractivity contribution >= 4 is 11.7 Å². The van der Waals surface area contributed by atoms with Gasteiger partial charge in [0.15, 0.2) is 11.6 Å². The molecule has 1 unspecified atom stereocenters. The normalized spacial score (nSPS) is 16.2. The largest absolute Gasteiger partial charge is 0.395 e. The van der Waals surface area contributed by atoms with Gasteiger partial charge in [-0.05, 0) is 42.5 Å². The second-order valence-corrected chi connectivity index (χ2v) is 6.06. The number of amides is 2. The van der Waals surface area contributed by atoms with Crippen LogP contribution in [0, 0.1) is 11.6 Å². The molecule has 0 aliphatic heterocycles. The first-order chi connectivity index (χ1) is 12.1. The smallest absolute Gasteiger partial charge is 0.322 e. The molecule has 2 N–H and O–H groups in total. The van der Waals surface area contributed by atoms with Crippen molar-refractivity contribution in [2.75, 3.05) is 18.5 Å². The van der Waals surface area contributed by atoms with E-state index in [9.17, 15) is 18.7 Å². The van der Waals surface area contributed by atoms with Crippen molar-refractivity contribution in [2.24, 2.45) is 0 Å². The molecule has 3 rings (SSSR count). The molecule has 0 saturated heterocycles. The average molecular weight is 346 g/mol. The molecule has 0 saturated carbocycles. The Hall–Kier alpha value is -2.47. The SMILES string of the molecule is O=C(Nc1cccc(F)c1F)N(CCO)C1CCCc2ccccc21. The van der Waals surface area contributed by atoms with Crippen LogP contribution in [0.4, 0.5) is 19.3 Å². The van der Waals surface area contributed by atoms with Gasteiger partial charge in [-0.25, -0.2) is 13.6 Å². The van der Waals surface area contributed by atoms with E-state index < -0.39 is 17.7 Å². The van der Waals surface area contributed by atoms with Gasteiger partial charge in [0, 0.05) is 6.54 Å². The number of fused-ring (bicyclic) bond motifs is 1. The lowest BCUT2D eigenvalue weighted by atomic mass is 9.87. The third kappa shape index (κ3) is 3.64. The van der Waals surface area contributed by atoms with E-state index in [1.165, 1.54) is 22.6 Å². The highest BCUT2D eigenvalue weighted by Gasteiger charge is 2.29. The molecule has 2 aromatic carbocycles. The Morgan fingerprint density at radius 2 is 2.00 bits per heavy atom. The van der Waals surface area contributed by atoms with Crippen LogP contribution in [0.1, 0.15) is 30.0 Å². The second-order valence-electron chi connectivity index (χ2n) is 6.06. The van der Waals surface area contributed by atoms with Crippen molar-refractivity contribution in [3.8, 4) is 0 Å². The third-order valence-corrected chi connectivity index (χ3v) is 4.51. The number of aliphatic hydroxyl groups is 1. The van der Waals surface area contributed by atoms with Crippen LogP contribution in [0.25, 0.3) is 0 Å². The van der Waals surface area contributed by atoms with Crippen LogP contribution in [0.15, 0.2) is 42.5 Å². The minimum absolute atomic E-state index is 0.113. The van der Waals surface area contributed by atoms with Crippen LogP contribution in [0.2, 0.25) is 0 Å². The zero-order chi connectivity index (χ0) is 17.8. The highest BCUT2D eigenvalue weighted by atomic mass is 19.2. The first-order valence-electron chi connectivity index (χ1n) is 8.32. The molecule has 25 heavy (non-hydrogen) atoms. The van der Waals surface area contributed by atoms with Crippen molar-refractivity contribution in [3.05, 3.63) is 65.2 Å². The van der Waals surface area contributed by atoms with Gasteiger partial charge in [-0.3, -0.25) is 0 Å². The molecule has 0 heterocycles. The van der Waals surface area contributed by atoms with Gasteiger partial charge in [-0.15, -0.1) is 0 Å². The lowest BCUT2D eigenvalue weighted by Gasteiger charge is -2.35. The van der Waals surface area contributed by atoms with E-state index in [1.807, 2.05) is 24.3 Å². The number of anilines is 1. The average Bonchev–Trinajstić information content (AvgIpc) is 2.63. The number of halogens is 2. The maximum absolute atomic E-state index is 13.8. The number of urea groups is 1. The molecule has 1 aliphatic carbocycles. The summed E-state index contributed by atoms with van der Waals surface area (Å²) in [7, 11) is 0. The van der Waals surface area contributed by atoms with Crippen LogP contribution >= 0.6 is 0 Å². The molecular formula is C19H20F2N2O2. The highest BCUT2D eigenvalue weighted by molar-refractivity contribution is 5.89. The van der Waals surface area contributed by atoms with E-state index in [1.54, 1.807) is 0 Å². The predicted octanol–water partition coefficient (Wildman–Crippen LogP) is 3.87. The number of nitrogens with zero attached hydrogens (tertiary/aromatic N) is 1. The lowest BCUT2D eigenvalue weighted by molar-refractivity contribution is 0.154. The number of aryl methyl sites for hydroxylation is 1. The Bertz CT molecular complexity index is 767. The molecule has 132 valence electrons. The summed E-state index contributed by atoms with van der Waals surface area (Å²) >= 11 is 0. The minimum atomic E-state index is -1.09. The summed E-state index contributed by atoms with van der Waals surface area (Å²) in [6.07, 6.45) is 2.63. The van der Waals surface area contributed by atoms with E-state index in [0.717, 1.165) is 30.9 Å². The van der Waals surface area contributed by atoms with Crippen LogP contribution in [0.5, 0.6) is 0 Å². The molecule has 2 amide bonds. The van der Waals surface area contributed by atoms with Crippen molar-refractivity contribution in [3.63, 3.8) is 0 Å². The highest BCUT2D eigenvalue weighted by Crippen LogP contribution is 2.34. The molecule has 6 heteroatoms. The molecule has 0 aromatic heterocycles. The van der Waals surface area contributed by atoms with Crippen LogP contribution in [-0.4, -0.2) is 29.2 Å². The zero-order valence-corrected chi connectivity index (χ0v) is 13.7. The molecule has 0 spiro atoms. The van der Waals surface area contributed by atoms with E-state index in [4.69, 9.17) is 0 Å². The Kier molecular flexibility index (Phi) is 5.28. The van der Waals surface area contributed by atoms with E-state index in [-0.39, 0.29) is 24.9 Å². The molecule has 0 bridgehead atoms. The monoisotopic (exact) mass is 346 g/mol. The van der Waals surface area contributed by atoms with E-state index >= 15 is 0 Å². The number of hydrogen-bond acceptors (Lipinski definition) is 2. The Morgan fingerprint density at radius 3 is 2.80 bits per heavy atom. The maximum atomic E-state index is 13.8. The van der Waals surface area contributed by atoms with Gasteiger partial charge >= 0.3 is 6.03 Å². The fourth-order valence-electron chi connectivity index (χ4n) is 3.35. The van der Waals surface area contributed by atoms with Crippen molar-refractivity contribution in [1.29, 1.82) is 0 Å². The quantitative estimate of drug-likeness (QED) is 0.883. The fraction of sp³-hybridized carbons (Fsp3) is 0.316. The Balaban J connectivity index is 1.86. The number of hydrogen-bond donors (Lipinski definition) is 2. The molecule has 1 atom stereocenters. The maximum Gasteiger partial charge on any atom is 0.322 e. The van der Waals surface area contributed by atoms with Crippen LogP contribution < -0.4 is 5.32 Å². The summed E-state index contributed by atoms with van der Waals surface area (Å²) in [6, 6.07) is 10.8. The molecule has 0 radical (unpaired) electrons. The van der Waals surface area contributed by atoms with E-state index in [0.29, 0.717) is 0 Å². The molecular weight excluding hydrogens is 326 g/mol. The number of rotatable bonds is 4. The van der Waals surface area contributed by atoms with Gasteiger partial charge in [-0.2, -0.15) is 0 Å². The molecule has 4 nitrogen and oxygen atoms in total. The summed E-state index contributed by atoms with van der Waals surface area (Å²) in [4.78, 5) is 14.2. The van der Waals surface area contributed by atoms with Crippen LogP contribution in [-0.2, 0) is 6.42 Å². The first kappa shape index (κ1) is 17.4. The van der Waals surface area contributed by atoms with Gasteiger partial charge < -0.3 is 15.3 Å². The topological polar surface area (TPSA) is 52.6 Å². The fourth-order valence-corrected chi connectivity index (χ4v) is 3.35. The van der Waals surface area contributed by atoms with Crippen molar-refractivity contribution in [2.45, 2.75) is 25.3 Å².